The molecule has 3 rings (SSSR count). The first kappa shape index (κ1) is 17.0. The summed E-state index contributed by atoms with van der Waals surface area (Å²) < 4.78 is 0. The van der Waals surface area contributed by atoms with Crippen LogP contribution < -0.4 is 5.32 Å². The lowest BCUT2D eigenvalue weighted by Crippen LogP contribution is -2.14. The highest BCUT2D eigenvalue weighted by Crippen LogP contribution is 2.27. The van der Waals surface area contributed by atoms with Crippen molar-refractivity contribution < 1.29 is 4.79 Å². The first-order valence-corrected chi connectivity index (χ1v) is 8.85. The van der Waals surface area contributed by atoms with Crippen LogP contribution in [0.3, 0.4) is 0 Å². The van der Waals surface area contributed by atoms with E-state index in [-0.39, 0.29) is 11.7 Å². The number of amides is 1. The van der Waals surface area contributed by atoms with E-state index in [2.05, 4.69) is 22.4 Å². The van der Waals surface area contributed by atoms with Crippen LogP contribution in [0.4, 0.5) is 5.69 Å². The van der Waals surface area contributed by atoms with Crippen molar-refractivity contribution in [3.63, 3.8) is 0 Å². The second kappa shape index (κ2) is 7.37. The number of aryl methyl sites for hydroxylation is 2. The molecule has 0 atom stereocenters. The van der Waals surface area contributed by atoms with Gasteiger partial charge in [-0.2, -0.15) is 5.26 Å². The molecule has 0 radical (unpaired) electrons. The smallest absolute Gasteiger partial charge is 0.234 e. The zero-order valence-corrected chi connectivity index (χ0v) is 14.9. The Kier molecular flexibility index (Phi) is 5.01. The Balaban J connectivity index is 1.81. The van der Waals surface area contributed by atoms with Gasteiger partial charge in [0.25, 0.3) is 0 Å². The van der Waals surface area contributed by atoms with Gasteiger partial charge in [-0.1, -0.05) is 41.6 Å². The van der Waals surface area contributed by atoms with Crippen molar-refractivity contribution in [2.45, 2.75) is 18.9 Å². The topological polar surface area (TPSA) is 65.8 Å². The van der Waals surface area contributed by atoms with Crippen LogP contribution in [0.15, 0.2) is 53.6 Å². The Hall–Kier alpha value is -2.84. The highest BCUT2D eigenvalue weighted by Gasteiger charge is 2.12. The third-order valence-electron chi connectivity index (χ3n) is 3.74. The lowest BCUT2D eigenvalue weighted by Gasteiger charge is -2.09. The van der Waals surface area contributed by atoms with E-state index >= 15 is 0 Å². The minimum Gasteiger partial charge on any atom is -0.325 e. The largest absolute Gasteiger partial charge is 0.325 e. The molecule has 3 aromatic rings. The van der Waals surface area contributed by atoms with Crippen molar-refractivity contribution in [1.82, 2.24) is 4.98 Å². The minimum absolute atomic E-state index is 0.123. The molecule has 25 heavy (non-hydrogen) atoms. The number of rotatable bonds is 4. The fourth-order valence-electron chi connectivity index (χ4n) is 2.68. The summed E-state index contributed by atoms with van der Waals surface area (Å²) in [5, 5.41) is 13.8. The number of nitrogens with zero attached hydrogens (tertiary/aromatic N) is 2. The molecule has 4 nitrogen and oxygen atoms in total. The number of hydrogen-bond donors (Lipinski definition) is 1. The van der Waals surface area contributed by atoms with Gasteiger partial charge in [-0.05, 0) is 43.7 Å². The fourth-order valence-corrected chi connectivity index (χ4v) is 3.43. The van der Waals surface area contributed by atoms with Crippen molar-refractivity contribution in [3.05, 3.63) is 65.2 Å². The molecule has 1 amide bonds. The van der Waals surface area contributed by atoms with Crippen molar-refractivity contribution in [1.29, 1.82) is 5.26 Å². The highest BCUT2D eigenvalue weighted by molar-refractivity contribution is 8.00. The van der Waals surface area contributed by atoms with Gasteiger partial charge in [0.05, 0.1) is 16.8 Å². The molecule has 0 aliphatic rings. The van der Waals surface area contributed by atoms with E-state index in [1.807, 2.05) is 56.3 Å². The summed E-state index contributed by atoms with van der Waals surface area (Å²) in [6, 6.07) is 17.4. The molecule has 0 aliphatic heterocycles. The molecule has 5 heteroatoms. The number of thioether (sulfide) groups is 1. The van der Waals surface area contributed by atoms with Crippen molar-refractivity contribution in [3.8, 4) is 6.07 Å². The molecule has 0 saturated heterocycles. The molecule has 124 valence electrons. The summed E-state index contributed by atoms with van der Waals surface area (Å²) >= 11 is 1.28. The van der Waals surface area contributed by atoms with Gasteiger partial charge >= 0.3 is 0 Å². The van der Waals surface area contributed by atoms with Crippen LogP contribution in [0.2, 0.25) is 0 Å². The number of fused-ring (bicyclic) bond motifs is 1. The molecule has 1 aromatic heterocycles. The first-order chi connectivity index (χ1) is 12.1. The van der Waals surface area contributed by atoms with Crippen LogP contribution in [0, 0.1) is 25.2 Å². The van der Waals surface area contributed by atoms with Crippen molar-refractivity contribution in [2.75, 3.05) is 11.1 Å². The van der Waals surface area contributed by atoms with Crippen LogP contribution in [-0.2, 0) is 4.79 Å². The number of aromatic nitrogens is 1. The SMILES string of the molecule is Cc1cc(C)c2nc(SCC(=O)Nc3ccccc3)c(C#N)cc2c1. The zero-order valence-electron chi connectivity index (χ0n) is 14.0. The Morgan fingerprint density at radius 2 is 1.96 bits per heavy atom. The molecule has 0 spiro atoms. The number of hydrogen-bond acceptors (Lipinski definition) is 4. The molecule has 1 heterocycles. The summed E-state index contributed by atoms with van der Waals surface area (Å²) in [4.78, 5) is 16.7. The van der Waals surface area contributed by atoms with Gasteiger partial charge in [0.2, 0.25) is 5.91 Å². The number of pyridine rings is 1. The average Bonchev–Trinajstić information content (AvgIpc) is 2.60. The molecular formula is C20H17N3OS. The fraction of sp³-hybridized carbons (Fsp3) is 0.150. The average molecular weight is 347 g/mol. The van der Waals surface area contributed by atoms with Crippen LogP contribution in [0.25, 0.3) is 10.9 Å². The lowest BCUT2D eigenvalue weighted by molar-refractivity contribution is -0.113. The van der Waals surface area contributed by atoms with Gasteiger partial charge in [-0.25, -0.2) is 4.98 Å². The van der Waals surface area contributed by atoms with Gasteiger partial charge in [0.1, 0.15) is 11.1 Å². The molecule has 0 bridgehead atoms. The van der Waals surface area contributed by atoms with Gasteiger partial charge in [-0.3, -0.25) is 4.79 Å². The first-order valence-electron chi connectivity index (χ1n) is 7.86. The quantitative estimate of drug-likeness (QED) is 0.708. The van der Waals surface area contributed by atoms with Crippen LogP contribution in [-0.4, -0.2) is 16.6 Å². The molecular weight excluding hydrogens is 330 g/mol. The molecule has 0 unspecified atom stereocenters. The lowest BCUT2D eigenvalue weighted by atomic mass is 10.1. The maximum Gasteiger partial charge on any atom is 0.234 e. The molecule has 2 aromatic carbocycles. The number of anilines is 1. The molecule has 0 fully saturated rings. The summed E-state index contributed by atoms with van der Waals surface area (Å²) in [7, 11) is 0. The zero-order chi connectivity index (χ0) is 17.8. The van der Waals surface area contributed by atoms with E-state index in [1.54, 1.807) is 0 Å². The van der Waals surface area contributed by atoms with Crippen molar-refractivity contribution in [2.24, 2.45) is 0 Å². The van der Waals surface area contributed by atoms with Gasteiger partial charge in [0.15, 0.2) is 0 Å². The Morgan fingerprint density at radius 1 is 1.20 bits per heavy atom. The number of carbonyl (C=O) groups excluding carboxylic acids is 1. The predicted octanol–water partition coefficient (Wildman–Crippen LogP) is 4.45. The van der Waals surface area contributed by atoms with E-state index in [0.717, 1.165) is 27.7 Å². The van der Waals surface area contributed by atoms with Crippen LogP contribution >= 0.6 is 11.8 Å². The van der Waals surface area contributed by atoms with Crippen LogP contribution in [0.5, 0.6) is 0 Å². The van der Waals surface area contributed by atoms with Gasteiger partial charge in [-0.15, -0.1) is 0 Å². The molecule has 1 N–H and O–H groups in total. The Labute approximate surface area is 150 Å². The van der Waals surface area contributed by atoms with Gasteiger partial charge < -0.3 is 5.32 Å². The Bertz CT molecular complexity index is 978. The second-order valence-electron chi connectivity index (χ2n) is 5.81. The molecule has 0 saturated carbocycles. The number of carbonyl (C=O) groups is 1. The number of benzene rings is 2. The standard InChI is InChI=1S/C20H17N3OS/c1-13-8-14(2)19-15(9-13)10-16(11-21)20(23-19)25-12-18(24)22-17-6-4-3-5-7-17/h3-10H,12H2,1-2H3,(H,22,24). The van der Waals surface area contributed by atoms with E-state index in [0.29, 0.717) is 10.6 Å². The summed E-state index contributed by atoms with van der Waals surface area (Å²) in [5.74, 6) is 0.0788. The summed E-state index contributed by atoms with van der Waals surface area (Å²) in [6.45, 7) is 4.03. The number of nitrogens with one attached hydrogen (secondary N) is 1. The van der Waals surface area contributed by atoms with E-state index < -0.39 is 0 Å². The summed E-state index contributed by atoms with van der Waals surface area (Å²) in [6.07, 6.45) is 0. The third-order valence-corrected chi connectivity index (χ3v) is 4.73. The van der Waals surface area contributed by atoms with Crippen molar-refractivity contribution >= 4 is 34.3 Å². The van der Waals surface area contributed by atoms with E-state index in [4.69, 9.17) is 0 Å². The minimum atomic E-state index is -0.123. The second-order valence-corrected chi connectivity index (χ2v) is 6.77. The van der Waals surface area contributed by atoms with E-state index in [1.165, 1.54) is 11.8 Å². The molecule has 0 aliphatic carbocycles. The van der Waals surface area contributed by atoms with Gasteiger partial charge in [0, 0.05) is 11.1 Å². The number of nitriles is 1. The highest BCUT2D eigenvalue weighted by atomic mass is 32.2. The monoisotopic (exact) mass is 347 g/mol. The van der Waals surface area contributed by atoms with E-state index in [9.17, 15) is 10.1 Å². The third kappa shape index (κ3) is 3.98. The maximum atomic E-state index is 12.1. The normalized spacial score (nSPS) is 10.4. The Morgan fingerprint density at radius 3 is 2.68 bits per heavy atom. The summed E-state index contributed by atoms with van der Waals surface area (Å²) in [5.41, 5.74) is 4.32. The number of para-hydroxylation sites is 1. The maximum absolute atomic E-state index is 12.1. The van der Waals surface area contributed by atoms with Crippen LogP contribution in [0.1, 0.15) is 16.7 Å². The predicted molar refractivity (Wildman–Crippen MR) is 102 cm³/mol.